The molecule has 1 fully saturated rings. The summed E-state index contributed by atoms with van der Waals surface area (Å²) in [5.41, 5.74) is 8.05. The fraction of sp³-hybridized carbons (Fsp3) is 0.429. The molecule has 0 saturated carbocycles. The Bertz CT molecular complexity index is 888. The molecule has 1 aliphatic rings. The van der Waals surface area contributed by atoms with Crippen molar-refractivity contribution in [3.8, 4) is 0 Å². The third kappa shape index (κ3) is 4.88. The van der Waals surface area contributed by atoms with Crippen LogP contribution in [0.15, 0.2) is 10.8 Å². The number of carboxylic acid groups (broad SMARTS) is 1. The summed E-state index contributed by atoms with van der Waals surface area (Å²) in [6.07, 6.45) is -3.73. The second kappa shape index (κ2) is 8.70. The fourth-order valence-corrected chi connectivity index (χ4v) is 3.27. The van der Waals surface area contributed by atoms with Crippen molar-refractivity contribution in [2.45, 2.75) is 19.3 Å². The van der Waals surface area contributed by atoms with E-state index in [0.717, 1.165) is 16.6 Å². The number of nitrogens with zero attached hydrogens (tertiary/aromatic N) is 4. The van der Waals surface area contributed by atoms with Gasteiger partial charge in [0.05, 0.1) is 23.3 Å². The fourth-order valence-electron chi connectivity index (χ4n) is 2.55. The first-order valence-electron chi connectivity index (χ1n) is 7.74. The van der Waals surface area contributed by atoms with Crippen molar-refractivity contribution >= 4 is 39.1 Å². The summed E-state index contributed by atoms with van der Waals surface area (Å²) in [4.78, 5) is 26.4. The van der Waals surface area contributed by atoms with Gasteiger partial charge in [-0.2, -0.15) is 18.3 Å². The zero-order chi connectivity index (χ0) is 21.1. The average molecular weight is 469 g/mol. The summed E-state index contributed by atoms with van der Waals surface area (Å²) in [6.45, 7) is 2.09. The Morgan fingerprint density at radius 2 is 2.07 bits per heavy atom. The number of rotatable bonds is 3. The van der Waals surface area contributed by atoms with E-state index in [1.54, 1.807) is 4.52 Å². The molecule has 10 nitrogen and oxygen atoms in total. The molecule has 2 aromatic rings. The number of amides is 1. The number of halogens is 4. The molecule has 3 rings (SSSR count). The Labute approximate surface area is 164 Å². The van der Waals surface area contributed by atoms with Gasteiger partial charge in [0.15, 0.2) is 5.82 Å². The molecule has 14 heteroatoms. The second-order valence-electron chi connectivity index (χ2n) is 5.67. The molecule has 1 saturated heterocycles. The highest BCUT2D eigenvalue weighted by atomic mass is 79.9. The molecule has 0 unspecified atom stereocenters. The lowest BCUT2D eigenvalue weighted by Crippen LogP contribution is -2.47. The molecular weight excluding hydrogens is 453 g/mol. The van der Waals surface area contributed by atoms with E-state index in [0.29, 0.717) is 36.7 Å². The molecule has 0 radical (unpaired) electrons. The van der Waals surface area contributed by atoms with Gasteiger partial charge >= 0.3 is 12.1 Å². The van der Waals surface area contributed by atoms with Crippen LogP contribution in [-0.2, 0) is 22.7 Å². The van der Waals surface area contributed by atoms with Crippen molar-refractivity contribution in [2.24, 2.45) is 0 Å². The maximum Gasteiger partial charge on any atom is 0.490 e. The lowest BCUT2D eigenvalue weighted by atomic mass is 10.2. The predicted molar refractivity (Wildman–Crippen MR) is 93.0 cm³/mol. The number of aliphatic carboxylic acids is 1. The molecule has 0 aliphatic carbocycles. The second-order valence-corrected chi connectivity index (χ2v) is 6.46. The summed E-state index contributed by atoms with van der Waals surface area (Å²) >= 11 is 3.52. The van der Waals surface area contributed by atoms with Crippen molar-refractivity contribution < 1.29 is 33.0 Å². The van der Waals surface area contributed by atoms with Crippen molar-refractivity contribution in [3.63, 3.8) is 0 Å². The zero-order valence-corrected chi connectivity index (χ0v) is 15.8. The topological polar surface area (TPSA) is 146 Å². The van der Waals surface area contributed by atoms with Gasteiger partial charge in [-0.3, -0.25) is 9.69 Å². The van der Waals surface area contributed by atoms with E-state index in [-0.39, 0.29) is 12.5 Å². The number of hydrogen-bond donors (Lipinski definition) is 4. The zero-order valence-electron chi connectivity index (χ0n) is 14.2. The molecule has 3 heterocycles. The summed E-state index contributed by atoms with van der Waals surface area (Å²) in [7, 11) is 0. The number of nitrogens with two attached hydrogens (primary N) is 1. The van der Waals surface area contributed by atoms with Crippen LogP contribution in [0.2, 0.25) is 0 Å². The van der Waals surface area contributed by atoms with Crippen LogP contribution in [0.4, 0.5) is 19.0 Å². The van der Waals surface area contributed by atoms with E-state index >= 15 is 0 Å². The molecule has 5 N–H and O–H groups in total. The van der Waals surface area contributed by atoms with Crippen molar-refractivity contribution in [1.29, 1.82) is 0 Å². The van der Waals surface area contributed by atoms with Crippen LogP contribution in [0, 0.1) is 0 Å². The van der Waals surface area contributed by atoms with Gasteiger partial charge in [0.2, 0.25) is 5.91 Å². The maximum atomic E-state index is 11.5. The summed E-state index contributed by atoms with van der Waals surface area (Å²) in [6, 6.07) is 0. The monoisotopic (exact) mass is 468 g/mol. The highest BCUT2D eigenvalue weighted by Crippen LogP contribution is 2.32. The normalized spacial score (nSPS) is 15.1. The largest absolute Gasteiger partial charge is 0.490 e. The minimum Gasteiger partial charge on any atom is -0.475 e. The van der Waals surface area contributed by atoms with Crippen LogP contribution in [0.5, 0.6) is 0 Å². The van der Waals surface area contributed by atoms with Crippen LogP contribution in [0.25, 0.3) is 5.52 Å². The van der Waals surface area contributed by atoms with E-state index in [1.807, 2.05) is 4.90 Å². The summed E-state index contributed by atoms with van der Waals surface area (Å²) in [5.74, 6) is -2.41. The predicted octanol–water partition coefficient (Wildman–Crippen LogP) is 0.131. The molecule has 0 atom stereocenters. The van der Waals surface area contributed by atoms with Crippen molar-refractivity contribution in [1.82, 2.24) is 24.8 Å². The minimum absolute atomic E-state index is 0.00555. The number of carboxylic acids is 1. The van der Waals surface area contributed by atoms with E-state index in [9.17, 15) is 23.1 Å². The van der Waals surface area contributed by atoms with Gasteiger partial charge in [-0.1, -0.05) is 0 Å². The van der Waals surface area contributed by atoms with Gasteiger partial charge < -0.3 is 21.3 Å². The summed E-state index contributed by atoms with van der Waals surface area (Å²) in [5, 5.41) is 23.7. The van der Waals surface area contributed by atoms with Crippen LogP contribution in [0.3, 0.4) is 0 Å². The Morgan fingerprint density at radius 1 is 1.43 bits per heavy atom. The number of alkyl halides is 3. The SMILES string of the molecule is Nc1ncnn2c(CO)c(CN3CCNC(=O)C3)c(Br)c12.O=C(O)C(F)(F)F. The number of anilines is 1. The van der Waals surface area contributed by atoms with Gasteiger partial charge in [-0.05, 0) is 15.9 Å². The molecule has 154 valence electrons. The number of nitrogens with one attached hydrogen (secondary N) is 1. The first-order valence-corrected chi connectivity index (χ1v) is 8.54. The molecule has 0 bridgehead atoms. The first-order chi connectivity index (χ1) is 13.1. The van der Waals surface area contributed by atoms with Gasteiger partial charge in [0.25, 0.3) is 0 Å². The third-order valence-electron chi connectivity index (χ3n) is 3.79. The average Bonchev–Trinajstić information content (AvgIpc) is 2.87. The molecule has 0 spiro atoms. The van der Waals surface area contributed by atoms with E-state index in [1.165, 1.54) is 6.33 Å². The quantitative estimate of drug-likeness (QED) is 0.497. The van der Waals surface area contributed by atoms with E-state index in [4.69, 9.17) is 15.6 Å². The van der Waals surface area contributed by atoms with Crippen LogP contribution in [-0.4, -0.2) is 67.4 Å². The molecule has 28 heavy (non-hydrogen) atoms. The molecule has 1 amide bonds. The number of hydrogen-bond acceptors (Lipinski definition) is 7. The number of aliphatic hydroxyl groups excluding tert-OH is 1. The number of aliphatic hydroxyl groups is 1. The molecule has 1 aliphatic heterocycles. The lowest BCUT2D eigenvalue weighted by Gasteiger charge is -2.26. The highest BCUT2D eigenvalue weighted by Gasteiger charge is 2.38. The van der Waals surface area contributed by atoms with Gasteiger partial charge in [-0.15, -0.1) is 0 Å². The number of carbonyl (C=O) groups excluding carboxylic acids is 1. The number of aromatic nitrogens is 3. The Morgan fingerprint density at radius 3 is 2.61 bits per heavy atom. The Kier molecular flexibility index (Phi) is 6.79. The lowest BCUT2D eigenvalue weighted by molar-refractivity contribution is -0.192. The molecular formula is C14H16BrF3N6O4. The number of nitrogen functional groups attached to an aromatic ring is 1. The van der Waals surface area contributed by atoms with Crippen LogP contribution >= 0.6 is 15.9 Å². The number of carbonyl (C=O) groups is 2. The van der Waals surface area contributed by atoms with E-state index < -0.39 is 12.1 Å². The van der Waals surface area contributed by atoms with Crippen LogP contribution in [0.1, 0.15) is 11.3 Å². The highest BCUT2D eigenvalue weighted by molar-refractivity contribution is 9.10. The third-order valence-corrected chi connectivity index (χ3v) is 4.64. The van der Waals surface area contributed by atoms with Gasteiger partial charge in [-0.25, -0.2) is 14.3 Å². The maximum absolute atomic E-state index is 11.5. The Hall–Kier alpha value is -2.45. The molecule has 0 aromatic carbocycles. The summed E-state index contributed by atoms with van der Waals surface area (Å²) < 4.78 is 34.1. The first kappa shape index (κ1) is 21.8. The van der Waals surface area contributed by atoms with E-state index in [2.05, 4.69) is 31.3 Å². The standard InChI is InChI=1S/C12H15BrN6O2.C2HF3O2/c13-10-7(3-18-2-1-15-9(21)4-18)8(5-20)19-11(10)12(14)16-6-17-19;3-2(4,5)1(6)7/h6,20H,1-5H2,(H,15,21)(H2,14,16,17);(H,6,7). The van der Waals surface area contributed by atoms with Gasteiger partial charge in [0.1, 0.15) is 11.8 Å². The molecule has 2 aromatic heterocycles. The number of piperazine rings is 1. The minimum atomic E-state index is -5.08. The Balaban J connectivity index is 0.000000345. The van der Waals surface area contributed by atoms with Crippen molar-refractivity contribution in [2.75, 3.05) is 25.4 Å². The van der Waals surface area contributed by atoms with Crippen LogP contribution < -0.4 is 11.1 Å². The number of fused-ring (bicyclic) bond motifs is 1. The van der Waals surface area contributed by atoms with Gasteiger partial charge in [0, 0.05) is 25.2 Å². The van der Waals surface area contributed by atoms with Crippen molar-refractivity contribution in [3.05, 3.63) is 22.1 Å². The smallest absolute Gasteiger partial charge is 0.475 e.